The van der Waals surface area contributed by atoms with Crippen LogP contribution in [0.3, 0.4) is 0 Å². The molecule has 0 aromatic rings. The Morgan fingerprint density at radius 3 is 1.48 bits per heavy atom. The minimum absolute atomic E-state index is 0.0413. The molecule has 1 aliphatic heterocycles. The average Bonchev–Trinajstić information content (AvgIpc) is 3.23. The summed E-state index contributed by atoms with van der Waals surface area (Å²) in [5.74, 6) is -0.398. The Morgan fingerprint density at radius 1 is 0.607 bits per heavy atom. The number of allylic oxidation sites excluding steroid dienone is 2. The second-order valence-electron chi connectivity index (χ2n) is 17.4. The van der Waals surface area contributed by atoms with Crippen molar-refractivity contribution in [3.8, 4) is 0 Å². The average molecular weight is 893 g/mol. The summed E-state index contributed by atoms with van der Waals surface area (Å²) in [6.45, 7) is 4.00. The maximum Gasteiger partial charge on any atom is 0.397 e. The molecule has 1 heterocycles. The van der Waals surface area contributed by atoms with Gasteiger partial charge in [0, 0.05) is 13.0 Å². The molecule has 0 spiro atoms. The molecule has 6 unspecified atom stereocenters. The first-order chi connectivity index (χ1) is 29.6. The molecular formula is C48H92O12S. The normalized spacial score (nSPS) is 20.1. The minimum atomic E-state index is -5.06. The van der Waals surface area contributed by atoms with Gasteiger partial charge in [-0.25, -0.2) is 4.18 Å². The fraction of sp³-hybridized carbons (Fsp3) is 0.938. The predicted molar refractivity (Wildman–Crippen MR) is 244 cm³/mol. The van der Waals surface area contributed by atoms with Crippen LogP contribution in [0.1, 0.15) is 226 Å². The Balaban J connectivity index is 2.28. The van der Waals surface area contributed by atoms with Gasteiger partial charge in [-0.2, -0.15) is 8.42 Å². The molecule has 0 bridgehead atoms. The van der Waals surface area contributed by atoms with Crippen LogP contribution in [-0.2, 0) is 38.3 Å². The molecule has 0 aromatic heterocycles. The van der Waals surface area contributed by atoms with Crippen molar-refractivity contribution in [2.24, 2.45) is 0 Å². The molecule has 4 N–H and O–H groups in total. The maximum atomic E-state index is 12.8. The monoisotopic (exact) mass is 893 g/mol. The molecule has 12 nitrogen and oxygen atoms in total. The summed E-state index contributed by atoms with van der Waals surface area (Å²) >= 11 is 0. The highest BCUT2D eigenvalue weighted by molar-refractivity contribution is 7.80. The Morgan fingerprint density at radius 2 is 1.03 bits per heavy atom. The van der Waals surface area contributed by atoms with E-state index in [9.17, 15) is 28.5 Å². The molecule has 6 atom stereocenters. The molecule has 1 rings (SSSR count). The van der Waals surface area contributed by atoms with Crippen molar-refractivity contribution in [3.05, 3.63) is 12.2 Å². The molecule has 1 fully saturated rings. The van der Waals surface area contributed by atoms with Gasteiger partial charge in [-0.05, 0) is 38.5 Å². The van der Waals surface area contributed by atoms with Crippen LogP contribution in [0.4, 0.5) is 0 Å². The number of rotatable bonds is 44. The number of hydrogen-bond acceptors (Lipinski definition) is 11. The van der Waals surface area contributed by atoms with Crippen molar-refractivity contribution in [2.75, 3.05) is 26.4 Å². The molecule has 13 heteroatoms. The third kappa shape index (κ3) is 33.9. The van der Waals surface area contributed by atoms with Gasteiger partial charge in [0.05, 0.1) is 19.8 Å². The van der Waals surface area contributed by atoms with Crippen LogP contribution < -0.4 is 0 Å². The lowest BCUT2D eigenvalue weighted by atomic mass is 9.99. The zero-order valence-electron chi connectivity index (χ0n) is 38.7. The van der Waals surface area contributed by atoms with Crippen molar-refractivity contribution >= 4 is 16.4 Å². The first kappa shape index (κ1) is 57.9. The lowest BCUT2D eigenvalue weighted by Crippen LogP contribution is -2.60. The van der Waals surface area contributed by atoms with Crippen molar-refractivity contribution in [3.63, 3.8) is 0 Å². The zero-order chi connectivity index (χ0) is 44.7. The van der Waals surface area contributed by atoms with Gasteiger partial charge in [0.25, 0.3) is 0 Å². The number of carbonyl (C=O) groups is 1. The van der Waals surface area contributed by atoms with Gasteiger partial charge in [0.2, 0.25) is 0 Å². The van der Waals surface area contributed by atoms with Crippen LogP contribution in [0.25, 0.3) is 0 Å². The van der Waals surface area contributed by atoms with Gasteiger partial charge in [-0.15, -0.1) is 0 Å². The van der Waals surface area contributed by atoms with E-state index < -0.39 is 59.8 Å². The Labute approximate surface area is 372 Å². The molecule has 0 radical (unpaired) electrons. The lowest BCUT2D eigenvalue weighted by molar-refractivity contribution is -0.301. The van der Waals surface area contributed by atoms with Crippen LogP contribution in [0.2, 0.25) is 0 Å². The van der Waals surface area contributed by atoms with E-state index in [1.807, 2.05) is 0 Å². The van der Waals surface area contributed by atoms with E-state index in [-0.39, 0.29) is 19.6 Å². The molecular weight excluding hydrogens is 801 g/mol. The number of unbranched alkanes of at least 4 members (excludes halogenated alkanes) is 29. The molecule has 61 heavy (non-hydrogen) atoms. The highest BCUT2D eigenvalue weighted by atomic mass is 32.3. The number of hydrogen-bond donors (Lipinski definition) is 4. The van der Waals surface area contributed by atoms with Crippen LogP contribution in [-0.4, -0.2) is 97.5 Å². The summed E-state index contributed by atoms with van der Waals surface area (Å²) in [6, 6.07) is 0. The number of aliphatic hydroxyl groups excluding tert-OH is 3. The Hall–Kier alpha value is -1.16. The third-order valence-corrected chi connectivity index (χ3v) is 12.1. The molecule has 0 aromatic carbocycles. The standard InChI is InChI=1S/C48H92O12S/c1-3-5-7-9-11-13-15-16-17-18-19-20-21-22-23-24-25-26-27-28-30-32-34-36-38-56-40-42(58-44(50)37-35-33-31-29-14-12-10-8-6-4-2)41-57-48-46(52)47(60-61(53,54)55)45(51)43(39-49)59-48/h18-19,42-43,45-49,51-52H,3-17,20-41H2,1-2H3,(H,53,54,55)/b19-18-. The van der Waals surface area contributed by atoms with E-state index in [0.717, 1.165) is 38.5 Å². The highest BCUT2D eigenvalue weighted by Crippen LogP contribution is 2.26. The maximum absolute atomic E-state index is 12.8. The van der Waals surface area contributed by atoms with Crippen molar-refractivity contribution in [1.29, 1.82) is 0 Å². The first-order valence-electron chi connectivity index (χ1n) is 24.9. The van der Waals surface area contributed by atoms with E-state index in [0.29, 0.717) is 13.0 Å². The largest absolute Gasteiger partial charge is 0.457 e. The van der Waals surface area contributed by atoms with Crippen LogP contribution in [0.15, 0.2) is 12.2 Å². The molecule has 0 saturated carbocycles. The van der Waals surface area contributed by atoms with Gasteiger partial charge < -0.3 is 34.3 Å². The van der Waals surface area contributed by atoms with Gasteiger partial charge in [0.1, 0.15) is 30.5 Å². The van der Waals surface area contributed by atoms with Crippen molar-refractivity contribution in [1.82, 2.24) is 0 Å². The SMILES string of the molecule is CCCCCCCCCC/C=C\CCCCCCCCCCCCCCOCC(COC1OC(CO)C(O)C(OS(=O)(=O)O)C1O)OC(=O)CCCCCCCCCCCC. The minimum Gasteiger partial charge on any atom is -0.457 e. The van der Waals surface area contributed by atoms with Crippen LogP contribution >= 0.6 is 0 Å². The molecule has 1 aliphatic rings. The Bertz CT molecular complexity index is 1120. The van der Waals surface area contributed by atoms with Gasteiger partial charge in [-0.1, -0.05) is 193 Å². The molecule has 0 amide bonds. The summed E-state index contributed by atoms with van der Waals surface area (Å²) in [7, 11) is -5.06. The smallest absolute Gasteiger partial charge is 0.397 e. The van der Waals surface area contributed by atoms with Crippen LogP contribution in [0.5, 0.6) is 0 Å². The van der Waals surface area contributed by atoms with Crippen molar-refractivity contribution < 1.29 is 56.2 Å². The summed E-state index contributed by atoms with van der Waals surface area (Å²) in [5, 5.41) is 30.7. The Kier molecular flexibility index (Phi) is 38.3. The third-order valence-electron chi connectivity index (χ3n) is 11.6. The van der Waals surface area contributed by atoms with Gasteiger partial charge >= 0.3 is 16.4 Å². The zero-order valence-corrected chi connectivity index (χ0v) is 39.6. The fourth-order valence-electron chi connectivity index (χ4n) is 7.85. The summed E-state index contributed by atoms with van der Waals surface area (Å²) in [5.41, 5.74) is 0. The van der Waals surface area contributed by atoms with Gasteiger partial charge in [0.15, 0.2) is 6.29 Å². The number of aliphatic hydroxyl groups is 3. The fourth-order valence-corrected chi connectivity index (χ4v) is 8.35. The molecule has 0 aliphatic carbocycles. The van der Waals surface area contributed by atoms with E-state index in [1.54, 1.807) is 0 Å². The topological polar surface area (TPSA) is 178 Å². The summed E-state index contributed by atoms with van der Waals surface area (Å²) < 4.78 is 59.1. The highest BCUT2D eigenvalue weighted by Gasteiger charge is 2.48. The second kappa shape index (κ2) is 40.4. The predicted octanol–water partition coefficient (Wildman–Crippen LogP) is 11.0. The second-order valence-corrected chi connectivity index (χ2v) is 18.5. The quantitative estimate of drug-likeness (QED) is 0.0197. The van der Waals surface area contributed by atoms with E-state index in [4.69, 9.17) is 23.5 Å². The van der Waals surface area contributed by atoms with E-state index in [2.05, 4.69) is 30.2 Å². The van der Waals surface area contributed by atoms with E-state index in [1.165, 1.54) is 161 Å². The summed E-state index contributed by atoms with van der Waals surface area (Å²) in [6.07, 6.45) is 35.5. The first-order valence-corrected chi connectivity index (χ1v) is 26.3. The van der Waals surface area contributed by atoms with Gasteiger partial charge in [-0.3, -0.25) is 9.35 Å². The van der Waals surface area contributed by atoms with E-state index >= 15 is 0 Å². The van der Waals surface area contributed by atoms with Crippen molar-refractivity contribution in [2.45, 2.75) is 263 Å². The lowest BCUT2D eigenvalue weighted by Gasteiger charge is -2.41. The molecule has 1 saturated heterocycles. The number of carbonyl (C=O) groups excluding carboxylic acids is 1. The van der Waals surface area contributed by atoms with Crippen LogP contribution in [0, 0.1) is 0 Å². The summed E-state index contributed by atoms with van der Waals surface area (Å²) in [4.78, 5) is 12.8. The molecule has 362 valence electrons. The number of esters is 1. The number of ether oxygens (including phenoxy) is 4.